The lowest BCUT2D eigenvalue weighted by atomic mass is 9.90. The van der Waals surface area contributed by atoms with Gasteiger partial charge in [-0.1, -0.05) is 72.8 Å². The zero-order valence-corrected chi connectivity index (χ0v) is 15.3. The van der Waals surface area contributed by atoms with Gasteiger partial charge in [0.15, 0.2) is 0 Å². The summed E-state index contributed by atoms with van der Waals surface area (Å²) in [4.78, 5) is 25.0. The topological polar surface area (TPSA) is 78.4 Å². The Hall–Kier alpha value is -3.60. The Kier molecular flexibility index (Phi) is 6.41. The van der Waals surface area contributed by atoms with E-state index >= 15 is 0 Å². The number of benzene rings is 3. The van der Waals surface area contributed by atoms with Crippen molar-refractivity contribution in [2.24, 2.45) is 0 Å². The molecule has 0 aromatic heterocycles. The van der Waals surface area contributed by atoms with Crippen molar-refractivity contribution in [2.45, 2.75) is 5.92 Å². The van der Waals surface area contributed by atoms with Gasteiger partial charge in [0.1, 0.15) is 5.75 Å². The Morgan fingerprint density at radius 1 is 0.714 bits per heavy atom. The zero-order valence-electron chi connectivity index (χ0n) is 15.3. The van der Waals surface area contributed by atoms with Crippen molar-refractivity contribution in [3.8, 4) is 5.75 Å². The normalized spacial score (nSPS) is 10.5. The molecular formula is C23H22N2O3. The summed E-state index contributed by atoms with van der Waals surface area (Å²) in [7, 11) is 0. The number of carbonyl (C=O) groups is 2. The summed E-state index contributed by atoms with van der Waals surface area (Å²) in [6, 6.07) is 25.5. The first-order valence-corrected chi connectivity index (χ1v) is 9.10. The number of amides is 2. The maximum Gasteiger partial charge on any atom is 0.255 e. The van der Waals surface area contributed by atoms with Gasteiger partial charge in [-0.2, -0.15) is 0 Å². The van der Waals surface area contributed by atoms with E-state index in [4.69, 9.17) is 0 Å². The molecule has 0 saturated carbocycles. The molecule has 0 atom stereocenters. The second-order valence-electron chi connectivity index (χ2n) is 6.32. The van der Waals surface area contributed by atoms with Crippen LogP contribution in [-0.2, 0) is 4.79 Å². The third-order valence-corrected chi connectivity index (χ3v) is 4.39. The van der Waals surface area contributed by atoms with Crippen LogP contribution in [0.5, 0.6) is 5.75 Å². The molecule has 0 fully saturated rings. The van der Waals surface area contributed by atoms with Crippen molar-refractivity contribution >= 4 is 11.8 Å². The maximum atomic E-state index is 12.8. The first-order chi connectivity index (χ1) is 13.7. The van der Waals surface area contributed by atoms with Crippen LogP contribution >= 0.6 is 0 Å². The van der Waals surface area contributed by atoms with Crippen LogP contribution in [0, 0.1) is 0 Å². The molecule has 2 amide bonds. The van der Waals surface area contributed by atoms with Crippen molar-refractivity contribution < 1.29 is 14.7 Å². The molecule has 0 aliphatic carbocycles. The quantitative estimate of drug-likeness (QED) is 0.556. The number of nitrogens with one attached hydrogen (secondary N) is 2. The van der Waals surface area contributed by atoms with E-state index in [1.807, 2.05) is 60.7 Å². The van der Waals surface area contributed by atoms with Gasteiger partial charge in [-0.25, -0.2) is 0 Å². The van der Waals surface area contributed by atoms with E-state index in [0.717, 1.165) is 11.1 Å². The number of aromatic hydroxyl groups is 1. The zero-order chi connectivity index (χ0) is 19.8. The Morgan fingerprint density at radius 3 is 1.79 bits per heavy atom. The van der Waals surface area contributed by atoms with Gasteiger partial charge in [0.2, 0.25) is 5.91 Å². The monoisotopic (exact) mass is 374 g/mol. The maximum absolute atomic E-state index is 12.8. The predicted octanol–water partition coefficient (Wildman–Crippen LogP) is 3.07. The SMILES string of the molecule is O=C(NCCNC(=O)C(c1ccccc1)c1ccccc1)c1ccccc1O. The molecule has 0 saturated heterocycles. The van der Waals surface area contributed by atoms with E-state index in [0.29, 0.717) is 0 Å². The average molecular weight is 374 g/mol. The van der Waals surface area contributed by atoms with Crippen LogP contribution in [0.15, 0.2) is 84.9 Å². The molecule has 0 unspecified atom stereocenters. The van der Waals surface area contributed by atoms with Crippen molar-refractivity contribution in [3.63, 3.8) is 0 Å². The van der Waals surface area contributed by atoms with Crippen LogP contribution in [0.25, 0.3) is 0 Å². The van der Waals surface area contributed by atoms with Gasteiger partial charge >= 0.3 is 0 Å². The second kappa shape index (κ2) is 9.37. The molecule has 3 aromatic rings. The molecule has 0 heterocycles. The number of para-hydroxylation sites is 1. The first-order valence-electron chi connectivity index (χ1n) is 9.10. The Morgan fingerprint density at radius 2 is 1.21 bits per heavy atom. The van der Waals surface area contributed by atoms with Crippen LogP contribution < -0.4 is 10.6 Å². The molecule has 142 valence electrons. The lowest BCUT2D eigenvalue weighted by molar-refractivity contribution is -0.121. The Labute approximate surface area is 164 Å². The molecular weight excluding hydrogens is 352 g/mol. The lowest BCUT2D eigenvalue weighted by Gasteiger charge is -2.18. The summed E-state index contributed by atoms with van der Waals surface area (Å²) in [5.74, 6) is -1.00. The van der Waals surface area contributed by atoms with Crippen LogP contribution in [0.4, 0.5) is 0 Å². The van der Waals surface area contributed by atoms with Crippen molar-refractivity contribution in [1.82, 2.24) is 10.6 Å². The number of carbonyl (C=O) groups excluding carboxylic acids is 2. The number of rotatable bonds is 7. The van der Waals surface area contributed by atoms with E-state index in [-0.39, 0.29) is 36.2 Å². The summed E-state index contributed by atoms with van der Waals surface area (Å²) in [6.45, 7) is 0.545. The summed E-state index contributed by atoms with van der Waals surface area (Å²) in [5, 5.41) is 15.3. The third kappa shape index (κ3) is 4.76. The third-order valence-electron chi connectivity index (χ3n) is 4.39. The molecule has 5 heteroatoms. The Balaban J connectivity index is 1.60. The Bertz CT molecular complexity index is 887. The van der Waals surface area contributed by atoms with Crippen LogP contribution in [0.2, 0.25) is 0 Å². The molecule has 3 rings (SSSR count). The van der Waals surface area contributed by atoms with Gasteiger partial charge < -0.3 is 15.7 Å². The average Bonchev–Trinajstić information content (AvgIpc) is 2.73. The molecule has 3 N–H and O–H groups in total. The van der Waals surface area contributed by atoms with Gasteiger partial charge in [0.25, 0.3) is 5.91 Å². The van der Waals surface area contributed by atoms with E-state index in [9.17, 15) is 14.7 Å². The van der Waals surface area contributed by atoms with Gasteiger partial charge in [0.05, 0.1) is 11.5 Å². The number of hydrogen-bond acceptors (Lipinski definition) is 3. The number of phenolic OH excluding ortho intramolecular Hbond substituents is 1. The second-order valence-corrected chi connectivity index (χ2v) is 6.32. The van der Waals surface area contributed by atoms with Gasteiger partial charge in [-0.05, 0) is 23.3 Å². The van der Waals surface area contributed by atoms with E-state index in [1.165, 1.54) is 6.07 Å². The standard InChI is InChI=1S/C23H22N2O3/c26-20-14-8-7-13-19(20)22(27)24-15-16-25-23(28)21(17-9-3-1-4-10-17)18-11-5-2-6-12-18/h1-14,21,26H,15-16H2,(H,24,27)(H,25,28). The highest BCUT2D eigenvalue weighted by atomic mass is 16.3. The predicted molar refractivity (Wildman–Crippen MR) is 108 cm³/mol. The van der Waals surface area contributed by atoms with Crippen LogP contribution in [0.1, 0.15) is 27.4 Å². The fourth-order valence-electron chi connectivity index (χ4n) is 3.01. The van der Waals surface area contributed by atoms with Gasteiger partial charge in [-0.15, -0.1) is 0 Å². The number of phenols is 1. The van der Waals surface area contributed by atoms with Gasteiger partial charge in [0, 0.05) is 13.1 Å². The molecule has 0 spiro atoms. The number of hydrogen-bond donors (Lipinski definition) is 3. The summed E-state index contributed by atoms with van der Waals surface area (Å²) in [6.07, 6.45) is 0. The van der Waals surface area contributed by atoms with Crippen molar-refractivity contribution in [1.29, 1.82) is 0 Å². The highest BCUT2D eigenvalue weighted by molar-refractivity contribution is 5.96. The highest BCUT2D eigenvalue weighted by Crippen LogP contribution is 2.24. The fraction of sp³-hybridized carbons (Fsp3) is 0.130. The minimum absolute atomic E-state index is 0.0720. The molecule has 0 radical (unpaired) electrons. The summed E-state index contributed by atoms with van der Waals surface area (Å²) >= 11 is 0. The minimum atomic E-state index is -0.420. The van der Waals surface area contributed by atoms with Crippen LogP contribution in [-0.4, -0.2) is 30.0 Å². The summed E-state index contributed by atoms with van der Waals surface area (Å²) < 4.78 is 0. The molecule has 0 aliphatic heterocycles. The largest absolute Gasteiger partial charge is 0.507 e. The lowest BCUT2D eigenvalue weighted by Crippen LogP contribution is -2.37. The van der Waals surface area contributed by atoms with E-state index in [2.05, 4.69) is 10.6 Å². The molecule has 5 nitrogen and oxygen atoms in total. The molecule has 0 bridgehead atoms. The smallest absolute Gasteiger partial charge is 0.255 e. The van der Waals surface area contributed by atoms with Crippen LogP contribution in [0.3, 0.4) is 0 Å². The minimum Gasteiger partial charge on any atom is -0.507 e. The highest BCUT2D eigenvalue weighted by Gasteiger charge is 2.22. The molecule has 3 aromatic carbocycles. The van der Waals surface area contributed by atoms with Crippen molar-refractivity contribution in [3.05, 3.63) is 102 Å². The van der Waals surface area contributed by atoms with Gasteiger partial charge in [-0.3, -0.25) is 9.59 Å². The van der Waals surface area contributed by atoms with Crippen molar-refractivity contribution in [2.75, 3.05) is 13.1 Å². The molecule has 0 aliphatic rings. The van der Waals surface area contributed by atoms with E-state index < -0.39 is 5.92 Å². The fourth-order valence-corrected chi connectivity index (χ4v) is 3.01. The summed E-state index contributed by atoms with van der Waals surface area (Å²) in [5.41, 5.74) is 2.02. The van der Waals surface area contributed by atoms with E-state index in [1.54, 1.807) is 18.2 Å². The first kappa shape index (κ1) is 19.2. The molecule has 28 heavy (non-hydrogen) atoms.